The Bertz CT molecular complexity index is 364. The minimum Gasteiger partial charge on any atom is -0.212 e. The van der Waals surface area contributed by atoms with E-state index in [2.05, 4.69) is 0 Å². The van der Waals surface area contributed by atoms with Gasteiger partial charge in [-0.15, -0.1) is 0 Å². The molecule has 1 nitrogen and oxygen atoms in total. The smallest absolute Gasteiger partial charge is 0.100 e. The second-order valence-corrected chi connectivity index (χ2v) is 2.85. The highest BCUT2D eigenvalue weighted by Crippen LogP contribution is 2.18. The lowest BCUT2D eigenvalue weighted by molar-refractivity contribution is 0.643. The Hall–Kier alpha value is -1.62. The molecule has 0 bridgehead atoms. The van der Waals surface area contributed by atoms with Gasteiger partial charge in [-0.2, -0.15) is 5.26 Å². The van der Waals surface area contributed by atoms with Gasteiger partial charge in [-0.3, -0.25) is 0 Å². The first-order valence-corrected chi connectivity index (χ1v) is 3.98. The number of hydrogen-bond acceptors (Lipinski definition) is 1. The van der Waals surface area contributed by atoms with Gasteiger partial charge in [0.25, 0.3) is 0 Å². The minimum absolute atomic E-state index is 0.190. The van der Waals surface area contributed by atoms with Gasteiger partial charge in [0.15, 0.2) is 0 Å². The summed E-state index contributed by atoms with van der Waals surface area (Å²) in [7, 11) is 0. The predicted octanol–water partition coefficient (Wildman–Crippen LogP) is 3.28. The van der Waals surface area contributed by atoms with Crippen molar-refractivity contribution in [3.8, 4) is 6.07 Å². The summed E-state index contributed by atoms with van der Waals surface area (Å²) in [6, 6.07) is 8.87. The third kappa shape index (κ3) is 2.16. The van der Waals surface area contributed by atoms with Crippen LogP contribution in [0.2, 0.25) is 0 Å². The van der Waals surface area contributed by atoms with Crippen LogP contribution in [0.25, 0.3) is 5.57 Å². The fourth-order valence-corrected chi connectivity index (χ4v) is 0.994. The van der Waals surface area contributed by atoms with Crippen LogP contribution in [0, 0.1) is 11.3 Å². The molecule has 0 saturated heterocycles. The zero-order chi connectivity index (χ0) is 9.84. The maximum atomic E-state index is 12.8. The van der Waals surface area contributed by atoms with Crippen molar-refractivity contribution < 1.29 is 4.39 Å². The summed E-state index contributed by atoms with van der Waals surface area (Å²) >= 11 is 0. The van der Waals surface area contributed by atoms with Gasteiger partial charge >= 0.3 is 0 Å². The van der Waals surface area contributed by atoms with Crippen LogP contribution in [0.4, 0.5) is 4.39 Å². The maximum absolute atomic E-state index is 12.8. The van der Waals surface area contributed by atoms with Gasteiger partial charge in [0.1, 0.15) is 5.83 Å². The number of nitrogens with zero attached hydrogens (tertiary/aromatic N) is 1. The van der Waals surface area contributed by atoms with Crippen LogP contribution in [0.1, 0.15) is 25.0 Å². The fourth-order valence-electron chi connectivity index (χ4n) is 0.994. The average Bonchev–Trinajstić information content (AvgIpc) is 2.17. The summed E-state index contributed by atoms with van der Waals surface area (Å²) in [6.45, 7) is 3.14. The molecular weight excluding hydrogens is 165 g/mol. The number of halogens is 1. The first-order chi connectivity index (χ1) is 6.15. The van der Waals surface area contributed by atoms with Gasteiger partial charge in [-0.25, -0.2) is 4.39 Å². The van der Waals surface area contributed by atoms with Gasteiger partial charge < -0.3 is 0 Å². The predicted molar refractivity (Wildman–Crippen MR) is 50.5 cm³/mol. The van der Waals surface area contributed by atoms with Crippen molar-refractivity contribution in [2.45, 2.75) is 13.8 Å². The summed E-state index contributed by atoms with van der Waals surface area (Å²) in [5.41, 5.74) is 2.02. The number of benzene rings is 1. The fraction of sp³-hybridized carbons (Fsp3) is 0.182. The molecule has 0 fully saturated rings. The molecule has 66 valence electrons. The largest absolute Gasteiger partial charge is 0.212 e. The second kappa shape index (κ2) is 3.86. The first kappa shape index (κ1) is 9.47. The molecule has 1 rings (SSSR count). The quantitative estimate of drug-likeness (QED) is 0.642. The molecule has 0 saturated carbocycles. The third-order valence-electron chi connectivity index (χ3n) is 1.96. The van der Waals surface area contributed by atoms with E-state index in [0.717, 1.165) is 5.56 Å². The molecule has 0 unspecified atom stereocenters. The first-order valence-electron chi connectivity index (χ1n) is 3.98. The number of allylic oxidation sites excluding steroid dienone is 2. The lowest BCUT2D eigenvalue weighted by Crippen LogP contribution is -1.82. The van der Waals surface area contributed by atoms with E-state index < -0.39 is 0 Å². The molecule has 0 heterocycles. The van der Waals surface area contributed by atoms with Crippen molar-refractivity contribution in [1.82, 2.24) is 0 Å². The normalized spacial score (nSPS) is 11.8. The van der Waals surface area contributed by atoms with Crippen molar-refractivity contribution in [1.29, 1.82) is 5.26 Å². The molecule has 1 aromatic rings. The molecule has 0 radical (unpaired) electrons. The summed E-state index contributed by atoms with van der Waals surface area (Å²) in [5.74, 6) is -0.190. The Morgan fingerprint density at radius 3 is 2.15 bits per heavy atom. The molecule has 0 spiro atoms. The highest BCUT2D eigenvalue weighted by atomic mass is 19.1. The van der Waals surface area contributed by atoms with Gasteiger partial charge in [0.05, 0.1) is 11.6 Å². The molecule has 0 aliphatic rings. The molecule has 0 N–H and O–H groups in total. The Morgan fingerprint density at radius 2 is 1.77 bits per heavy atom. The van der Waals surface area contributed by atoms with E-state index in [0.29, 0.717) is 11.1 Å². The van der Waals surface area contributed by atoms with Crippen molar-refractivity contribution >= 4 is 5.57 Å². The summed E-state index contributed by atoms with van der Waals surface area (Å²) in [4.78, 5) is 0. The molecule has 0 aromatic heterocycles. The van der Waals surface area contributed by atoms with E-state index >= 15 is 0 Å². The number of nitriles is 1. The molecular formula is C11H10FN. The van der Waals surface area contributed by atoms with Crippen LogP contribution in [-0.2, 0) is 0 Å². The van der Waals surface area contributed by atoms with E-state index in [-0.39, 0.29) is 5.83 Å². The lowest BCUT2D eigenvalue weighted by atomic mass is 10.1. The maximum Gasteiger partial charge on any atom is 0.100 e. The summed E-state index contributed by atoms with van der Waals surface area (Å²) in [6.07, 6.45) is 0. The highest BCUT2D eigenvalue weighted by Gasteiger charge is 1.99. The molecule has 13 heavy (non-hydrogen) atoms. The van der Waals surface area contributed by atoms with Gasteiger partial charge in [-0.05, 0) is 37.1 Å². The lowest BCUT2D eigenvalue weighted by Gasteiger charge is -2.00. The second-order valence-electron chi connectivity index (χ2n) is 2.85. The van der Waals surface area contributed by atoms with Crippen molar-refractivity contribution in [3.05, 3.63) is 41.2 Å². The van der Waals surface area contributed by atoms with E-state index in [4.69, 9.17) is 5.26 Å². The van der Waals surface area contributed by atoms with Crippen LogP contribution in [0.3, 0.4) is 0 Å². The van der Waals surface area contributed by atoms with Crippen molar-refractivity contribution in [3.63, 3.8) is 0 Å². The molecule has 0 atom stereocenters. The van der Waals surface area contributed by atoms with Gasteiger partial charge in [-0.1, -0.05) is 12.1 Å². The third-order valence-corrected chi connectivity index (χ3v) is 1.96. The number of rotatable bonds is 1. The molecule has 1 aromatic carbocycles. The Balaban J connectivity index is 3.08. The zero-order valence-electron chi connectivity index (χ0n) is 7.63. The van der Waals surface area contributed by atoms with Gasteiger partial charge in [0.2, 0.25) is 0 Å². The SMILES string of the molecule is C/C(F)=C(/C)c1ccc(C#N)cc1. The van der Waals surface area contributed by atoms with E-state index in [1.54, 1.807) is 31.2 Å². The molecule has 2 heteroatoms. The van der Waals surface area contributed by atoms with Gasteiger partial charge in [0, 0.05) is 0 Å². The summed E-state index contributed by atoms with van der Waals surface area (Å²) < 4.78 is 12.8. The van der Waals surface area contributed by atoms with Crippen molar-refractivity contribution in [2.75, 3.05) is 0 Å². The molecule has 0 aliphatic heterocycles. The Labute approximate surface area is 77.1 Å². The van der Waals surface area contributed by atoms with Crippen LogP contribution < -0.4 is 0 Å². The standard InChI is InChI=1S/C11H10FN/c1-8(9(2)12)11-5-3-10(7-13)4-6-11/h3-6H,1-2H3/b9-8+. The highest BCUT2D eigenvalue weighted by molar-refractivity contribution is 5.65. The zero-order valence-corrected chi connectivity index (χ0v) is 7.63. The van der Waals surface area contributed by atoms with Crippen LogP contribution >= 0.6 is 0 Å². The van der Waals surface area contributed by atoms with Crippen LogP contribution in [0.5, 0.6) is 0 Å². The summed E-state index contributed by atoms with van der Waals surface area (Å²) in [5, 5.41) is 8.54. The van der Waals surface area contributed by atoms with Crippen molar-refractivity contribution in [2.24, 2.45) is 0 Å². The molecule has 0 amide bonds. The van der Waals surface area contributed by atoms with Crippen LogP contribution in [-0.4, -0.2) is 0 Å². The Morgan fingerprint density at radius 1 is 1.23 bits per heavy atom. The number of hydrogen-bond donors (Lipinski definition) is 0. The van der Waals surface area contributed by atoms with E-state index in [1.165, 1.54) is 6.92 Å². The van der Waals surface area contributed by atoms with E-state index in [9.17, 15) is 4.39 Å². The average molecular weight is 175 g/mol. The Kier molecular flexibility index (Phi) is 2.81. The minimum atomic E-state index is -0.190. The monoisotopic (exact) mass is 175 g/mol. The topological polar surface area (TPSA) is 23.8 Å². The van der Waals surface area contributed by atoms with Crippen LogP contribution in [0.15, 0.2) is 30.1 Å². The molecule has 0 aliphatic carbocycles. The van der Waals surface area contributed by atoms with E-state index in [1.807, 2.05) is 6.07 Å².